The molecular formula is C35H45N3O13. The summed E-state index contributed by atoms with van der Waals surface area (Å²) in [5.41, 5.74) is 6.14. The van der Waals surface area contributed by atoms with Crippen LogP contribution >= 0.6 is 0 Å². The van der Waals surface area contributed by atoms with Crippen LogP contribution in [0.25, 0.3) is 10.8 Å². The molecule has 3 rings (SSSR count). The molecule has 51 heavy (non-hydrogen) atoms. The van der Waals surface area contributed by atoms with Gasteiger partial charge in [0.15, 0.2) is 18.2 Å². The van der Waals surface area contributed by atoms with Gasteiger partial charge in [-0.05, 0) is 29.2 Å². The van der Waals surface area contributed by atoms with E-state index in [0.29, 0.717) is 10.8 Å². The Morgan fingerprint density at radius 3 is 2.27 bits per heavy atom. The van der Waals surface area contributed by atoms with Crippen LogP contribution in [0, 0.1) is 17.8 Å². The number of ether oxygens (including phenoxy) is 4. The molecular weight excluding hydrogens is 670 g/mol. The van der Waals surface area contributed by atoms with E-state index in [1.54, 1.807) is 30.3 Å². The first-order valence-electron chi connectivity index (χ1n) is 16.4. The molecule has 2 aromatic carbocycles. The molecule has 1 aliphatic heterocycles. The van der Waals surface area contributed by atoms with E-state index >= 15 is 0 Å². The second-order valence-corrected chi connectivity index (χ2v) is 12.6. The predicted molar refractivity (Wildman–Crippen MR) is 180 cm³/mol. The molecule has 3 unspecified atom stereocenters. The maximum atomic E-state index is 13.4. The molecule has 1 fully saturated rings. The van der Waals surface area contributed by atoms with Crippen LogP contribution in [0.4, 0.5) is 5.69 Å². The number of hydrogen-bond acceptors (Lipinski definition) is 12. The third-order valence-electron chi connectivity index (χ3n) is 8.74. The van der Waals surface area contributed by atoms with Crippen molar-refractivity contribution in [3.63, 3.8) is 0 Å². The molecule has 278 valence electrons. The quantitative estimate of drug-likeness (QED) is 0.148. The van der Waals surface area contributed by atoms with Crippen LogP contribution in [0.1, 0.15) is 64.2 Å². The number of fused-ring (bicyclic) bond motifs is 1. The molecule has 0 spiro atoms. The van der Waals surface area contributed by atoms with Crippen molar-refractivity contribution in [2.24, 2.45) is 23.5 Å². The van der Waals surface area contributed by atoms with Gasteiger partial charge in [-0.2, -0.15) is 0 Å². The molecule has 0 aliphatic carbocycles. The number of anilines is 1. The number of benzene rings is 2. The van der Waals surface area contributed by atoms with Gasteiger partial charge in [0.2, 0.25) is 5.91 Å². The summed E-state index contributed by atoms with van der Waals surface area (Å²) in [5.74, 6) is -7.14. The summed E-state index contributed by atoms with van der Waals surface area (Å²) in [6, 6.07) is 7.12. The lowest BCUT2D eigenvalue weighted by Gasteiger charge is -2.43. The van der Waals surface area contributed by atoms with Crippen molar-refractivity contribution in [3.05, 3.63) is 42.0 Å². The maximum Gasteiger partial charge on any atom is 0.326 e. The number of carbonyl (C=O) groups excluding carboxylic acids is 5. The number of carboxylic acids is 2. The van der Waals surface area contributed by atoms with Crippen LogP contribution in [0.3, 0.4) is 0 Å². The van der Waals surface area contributed by atoms with Crippen molar-refractivity contribution in [1.29, 1.82) is 0 Å². The van der Waals surface area contributed by atoms with Gasteiger partial charge < -0.3 is 45.5 Å². The van der Waals surface area contributed by atoms with E-state index in [0.717, 1.165) is 0 Å². The lowest BCUT2D eigenvalue weighted by atomic mass is 9.83. The SMILES string of the molecule is CC(=O)OCC1O[C@@H](OC[C@H](N)C(=O)C[C@H](C)C(=O)Nc2ccc3ccccc3c2C(=O)NC(CCC(=O)O)C(=O)O)C(OC(C)=O)[C@@H](C)[C@H]1C. The first kappa shape index (κ1) is 40.5. The van der Waals surface area contributed by atoms with Gasteiger partial charge in [0.1, 0.15) is 12.6 Å². The Morgan fingerprint density at radius 2 is 1.65 bits per heavy atom. The number of Topliss-reactive ketones (excluding diaryl/α,β-unsaturated/α-hetero) is 1. The third kappa shape index (κ3) is 11.3. The average molecular weight is 716 g/mol. The van der Waals surface area contributed by atoms with Crippen LogP contribution in [-0.2, 0) is 47.7 Å². The summed E-state index contributed by atoms with van der Waals surface area (Å²) in [6.07, 6.45) is -3.72. The lowest BCUT2D eigenvalue weighted by Crippen LogP contribution is -2.54. The molecule has 6 N–H and O–H groups in total. The van der Waals surface area contributed by atoms with Crippen molar-refractivity contribution in [2.75, 3.05) is 18.5 Å². The number of ketones is 1. The zero-order valence-electron chi connectivity index (χ0n) is 29.1. The number of amides is 2. The Morgan fingerprint density at radius 1 is 0.961 bits per heavy atom. The Labute approximate surface area is 294 Å². The molecule has 0 aromatic heterocycles. The van der Waals surface area contributed by atoms with Crippen LogP contribution in [-0.4, -0.2) is 95.5 Å². The van der Waals surface area contributed by atoms with Crippen molar-refractivity contribution >= 4 is 57.9 Å². The van der Waals surface area contributed by atoms with Crippen molar-refractivity contribution in [2.45, 2.75) is 84.5 Å². The van der Waals surface area contributed by atoms with E-state index in [9.17, 15) is 38.7 Å². The molecule has 0 radical (unpaired) electrons. The van der Waals surface area contributed by atoms with Crippen molar-refractivity contribution in [1.82, 2.24) is 5.32 Å². The number of esters is 2. The summed E-state index contributed by atoms with van der Waals surface area (Å²) < 4.78 is 22.4. The number of nitrogens with two attached hydrogens (primary N) is 1. The predicted octanol–water partition coefficient (Wildman–Crippen LogP) is 2.26. The van der Waals surface area contributed by atoms with Crippen LogP contribution in [0.5, 0.6) is 0 Å². The highest BCUT2D eigenvalue weighted by Gasteiger charge is 2.45. The van der Waals surface area contributed by atoms with E-state index in [-0.39, 0.29) is 49.1 Å². The Balaban J connectivity index is 1.70. The Hall–Kier alpha value is -4.93. The number of nitrogens with one attached hydrogen (secondary N) is 2. The first-order valence-corrected chi connectivity index (χ1v) is 16.4. The minimum absolute atomic E-state index is 0.0444. The maximum absolute atomic E-state index is 13.4. The topological polar surface area (TPSA) is 247 Å². The molecule has 2 amide bonds. The van der Waals surface area contributed by atoms with Gasteiger partial charge in [0, 0.05) is 38.5 Å². The van der Waals surface area contributed by atoms with Gasteiger partial charge in [-0.25, -0.2) is 4.79 Å². The van der Waals surface area contributed by atoms with Crippen molar-refractivity contribution < 1.29 is 62.7 Å². The molecule has 0 bridgehead atoms. The molecule has 0 saturated carbocycles. The average Bonchev–Trinajstić information content (AvgIpc) is 3.06. The molecule has 8 atom stereocenters. The number of carboxylic acid groups (broad SMARTS) is 2. The molecule has 1 saturated heterocycles. The normalized spacial score (nSPS) is 21.8. The number of hydrogen-bond donors (Lipinski definition) is 5. The van der Waals surface area contributed by atoms with Gasteiger partial charge in [-0.15, -0.1) is 0 Å². The fourth-order valence-electron chi connectivity index (χ4n) is 5.61. The standard InChI is InChI=1S/C35H45N3O13/c1-17(14-27(41)24(36)15-49-35-31(50-21(5)40)19(3)18(2)28(51-35)16-48-20(4)39)32(44)37-25-11-10-22-8-6-7-9-23(22)30(25)33(45)38-26(34(46)47)12-13-29(42)43/h6-11,17-19,24,26,28,31,35H,12-16,36H2,1-5H3,(H,37,44)(H,38,45)(H,42,43)(H,46,47)/t17-,18+,19-,24-,26?,28?,31?,35+/m0/s1. The zero-order valence-corrected chi connectivity index (χ0v) is 29.1. The smallest absolute Gasteiger partial charge is 0.326 e. The fourth-order valence-corrected chi connectivity index (χ4v) is 5.61. The summed E-state index contributed by atoms with van der Waals surface area (Å²) >= 11 is 0. The largest absolute Gasteiger partial charge is 0.481 e. The van der Waals surface area contributed by atoms with E-state index in [1.165, 1.54) is 26.8 Å². The zero-order chi connectivity index (χ0) is 38.0. The molecule has 1 heterocycles. The molecule has 2 aromatic rings. The molecule has 1 aliphatic rings. The minimum atomic E-state index is -1.51. The Kier molecular flexibility index (Phi) is 14.6. The summed E-state index contributed by atoms with van der Waals surface area (Å²) in [7, 11) is 0. The summed E-state index contributed by atoms with van der Waals surface area (Å²) in [4.78, 5) is 85.9. The van der Waals surface area contributed by atoms with Gasteiger partial charge >= 0.3 is 23.9 Å². The van der Waals surface area contributed by atoms with Gasteiger partial charge in [-0.3, -0.25) is 28.8 Å². The number of carbonyl (C=O) groups is 7. The number of rotatable bonds is 17. The minimum Gasteiger partial charge on any atom is -0.481 e. The second-order valence-electron chi connectivity index (χ2n) is 12.6. The highest BCUT2D eigenvalue weighted by Crippen LogP contribution is 2.34. The third-order valence-corrected chi connectivity index (χ3v) is 8.74. The highest BCUT2D eigenvalue weighted by molar-refractivity contribution is 6.14. The summed E-state index contributed by atoms with van der Waals surface area (Å²) in [5, 5.41) is 24.6. The fraction of sp³-hybridized carbons (Fsp3) is 0.514. The molecule has 16 heteroatoms. The Bertz CT molecular complexity index is 1630. The van der Waals surface area contributed by atoms with Crippen LogP contribution < -0.4 is 16.4 Å². The second kappa shape index (κ2) is 18.3. The lowest BCUT2D eigenvalue weighted by molar-refractivity contribution is -0.280. The van der Waals surface area contributed by atoms with E-state index in [2.05, 4.69) is 10.6 Å². The van der Waals surface area contributed by atoms with Gasteiger partial charge in [0.25, 0.3) is 5.91 Å². The van der Waals surface area contributed by atoms with Crippen LogP contribution in [0.2, 0.25) is 0 Å². The van der Waals surface area contributed by atoms with Gasteiger partial charge in [0.05, 0.1) is 30.0 Å². The number of aliphatic carboxylic acids is 2. The van der Waals surface area contributed by atoms with Gasteiger partial charge in [-0.1, -0.05) is 51.1 Å². The summed E-state index contributed by atoms with van der Waals surface area (Å²) in [6.45, 7) is 7.27. The van der Waals surface area contributed by atoms with E-state index in [4.69, 9.17) is 29.8 Å². The van der Waals surface area contributed by atoms with Crippen LogP contribution in [0.15, 0.2) is 36.4 Å². The highest BCUT2D eigenvalue weighted by atomic mass is 16.7. The molecule has 16 nitrogen and oxygen atoms in total. The van der Waals surface area contributed by atoms with E-state index in [1.807, 2.05) is 13.8 Å². The van der Waals surface area contributed by atoms with Crippen molar-refractivity contribution in [3.8, 4) is 0 Å². The van der Waals surface area contributed by atoms with E-state index < -0.39 is 84.4 Å². The first-order chi connectivity index (χ1) is 24.0. The monoisotopic (exact) mass is 715 g/mol.